The maximum atomic E-state index is 12.2. The molecule has 1 rings (SSSR count). The van der Waals surface area contributed by atoms with E-state index in [9.17, 15) is 4.79 Å². The van der Waals surface area contributed by atoms with E-state index < -0.39 is 5.60 Å². The molecule has 0 bridgehead atoms. The van der Waals surface area contributed by atoms with E-state index in [0.717, 1.165) is 11.1 Å². The molecule has 88 valence electrons. The number of ketones is 1. The molecule has 0 N–H and O–H groups in total. The number of hydrogen-bond acceptors (Lipinski definition) is 2. The summed E-state index contributed by atoms with van der Waals surface area (Å²) in [6.45, 7) is 10.1. The van der Waals surface area contributed by atoms with Crippen molar-refractivity contribution in [1.29, 1.82) is 0 Å². The van der Waals surface area contributed by atoms with Crippen LogP contribution in [0.3, 0.4) is 0 Å². The van der Waals surface area contributed by atoms with Gasteiger partial charge < -0.3 is 4.74 Å². The summed E-state index contributed by atoms with van der Waals surface area (Å²) in [4.78, 5) is 12.2. The van der Waals surface area contributed by atoms with Crippen molar-refractivity contribution in [3.63, 3.8) is 0 Å². The number of ether oxygens (including phenoxy) is 1. The molecule has 0 amide bonds. The van der Waals surface area contributed by atoms with Crippen molar-refractivity contribution in [1.82, 2.24) is 0 Å². The number of Topliss-reactive ketones (excluding diaryl/α,β-unsaturated/α-hetero) is 1. The van der Waals surface area contributed by atoms with E-state index in [1.165, 1.54) is 5.56 Å². The first-order chi connectivity index (χ1) is 7.38. The molecule has 0 aliphatic rings. The second-order valence-electron chi connectivity index (χ2n) is 4.57. The zero-order valence-electron chi connectivity index (χ0n) is 10.8. The van der Waals surface area contributed by atoms with Gasteiger partial charge >= 0.3 is 0 Å². The van der Waals surface area contributed by atoms with E-state index >= 15 is 0 Å². The van der Waals surface area contributed by atoms with Gasteiger partial charge in [0.25, 0.3) is 0 Å². The maximum Gasteiger partial charge on any atom is 0.194 e. The first-order valence-electron chi connectivity index (χ1n) is 5.64. The predicted molar refractivity (Wildman–Crippen MR) is 66.0 cm³/mol. The highest BCUT2D eigenvalue weighted by molar-refractivity contribution is 6.02. The highest BCUT2D eigenvalue weighted by Gasteiger charge is 2.28. The van der Waals surface area contributed by atoms with Gasteiger partial charge in [-0.25, -0.2) is 0 Å². The molecule has 1 aromatic carbocycles. The fourth-order valence-electron chi connectivity index (χ4n) is 1.66. The first-order valence-corrected chi connectivity index (χ1v) is 5.64. The molecule has 0 saturated heterocycles. The minimum absolute atomic E-state index is 0.0393. The molecule has 2 heteroatoms. The molecule has 16 heavy (non-hydrogen) atoms. The van der Waals surface area contributed by atoms with Crippen LogP contribution in [-0.2, 0) is 4.74 Å². The van der Waals surface area contributed by atoms with E-state index in [0.29, 0.717) is 6.61 Å². The van der Waals surface area contributed by atoms with E-state index in [2.05, 4.69) is 0 Å². The SMILES string of the molecule is CCOC(C)(C)C(=O)c1ccc(C)c(C)c1. The summed E-state index contributed by atoms with van der Waals surface area (Å²) in [7, 11) is 0. The first kappa shape index (κ1) is 12.9. The van der Waals surface area contributed by atoms with Crippen molar-refractivity contribution < 1.29 is 9.53 Å². The number of carbonyl (C=O) groups is 1. The molecule has 2 nitrogen and oxygen atoms in total. The van der Waals surface area contributed by atoms with Gasteiger partial charge in [0.1, 0.15) is 5.60 Å². The van der Waals surface area contributed by atoms with Crippen molar-refractivity contribution in [2.45, 2.75) is 40.2 Å². The van der Waals surface area contributed by atoms with Gasteiger partial charge in [-0.15, -0.1) is 0 Å². The van der Waals surface area contributed by atoms with Gasteiger partial charge in [0.05, 0.1) is 0 Å². The lowest BCUT2D eigenvalue weighted by atomic mass is 9.94. The van der Waals surface area contributed by atoms with Crippen LogP contribution in [0.2, 0.25) is 0 Å². The van der Waals surface area contributed by atoms with Crippen LogP contribution in [0.25, 0.3) is 0 Å². The molecule has 1 aromatic rings. The van der Waals surface area contributed by atoms with Crippen LogP contribution < -0.4 is 0 Å². The van der Waals surface area contributed by atoms with E-state index in [1.807, 2.05) is 52.8 Å². The monoisotopic (exact) mass is 220 g/mol. The third kappa shape index (κ3) is 2.70. The van der Waals surface area contributed by atoms with Gasteiger partial charge in [0, 0.05) is 12.2 Å². The van der Waals surface area contributed by atoms with Gasteiger partial charge in [0.15, 0.2) is 5.78 Å². The van der Waals surface area contributed by atoms with Gasteiger partial charge in [-0.05, 0) is 51.8 Å². The maximum absolute atomic E-state index is 12.2. The molecule has 0 spiro atoms. The summed E-state index contributed by atoms with van der Waals surface area (Å²) in [5.41, 5.74) is 2.32. The second-order valence-corrected chi connectivity index (χ2v) is 4.57. The quantitative estimate of drug-likeness (QED) is 0.728. The molecular formula is C14H20O2. The Kier molecular flexibility index (Phi) is 3.87. The minimum atomic E-state index is -0.740. The van der Waals surface area contributed by atoms with Gasteiger partial charge in [-0.1, -0.05) is 12.1 Å². The Labute approximate surface area is 97.6 Å². The van der Waals surface area contributed by atoms with Crippen molar-refractivity contribution in [2.24, 2.45) is 0 Å². The lowest BCUT2D eigenvalue weighted by molar-refractivity contribution is 0.00125. The molecular weight excluding hydrogens is 200 g/mol. The summed E-state index contributed by atoms with van der Waals surface area (Å²) in [5, 5.41) is 0. The van der Waals surface area contributed by atoms with Crippen LogP contribution in [0.5, 0.6) is 0 Å². The highest BCUT2D eigenvalue weighted by Crippen LogP contribution is 2.19. The predicted octanol–water partition coefficient (Wildman–Crippen LogP) is 3.30. The van der Waals surface area contributed by atoms with Crippen LogP contribution in [0, 0.1) is 13.8 Å². The molecule has 0 unspecified atom stereocenters. The molecule has 0 aliphatic carbocycles. The summed E-state index contributed by atoms with van der Waals surface area (Å²) in [5.74, 6) is 0.0393. The average molecular weight is 220 g/mol. The second kappa shape index (κ2) is 4.79. The number of aryl methyl sites for hydroxylation is 2. The topological polar surface area (TPSA) is 26.3 Å². The van der Waals surface area contributed by atoms with Crippen molar-refractivity contribution in [3.05, 3.63) is 34.9 Å². The summed E-state index contributed by atoms with van der Waals surface area (Å²) in [6.07, 6.45) is 0. The molecule has 0 heterocycles. The Hall–Kier alpha value is -1.15. The van der Waals surface area contributed by atoms with E-state index in [-0.39, 0.29) is 5.78 Å². The summed E-state index contributed by atoms with van der Waals surface area (Å²) < 4.78 is 5.47. The Bertz CT molecular complexity index is 392. The van der Waals surface area contributed by atoms with E-state index in [4.69, 9.17) is 4.74 Å². The van der Waals surface area contributed by atoms with E-state index in [1.54, 1.807) is 0 Å². The minimum Gasteiger partial charge on any atom is -0.368 e. The van der Waals surface area contributed by atoms with Gasteiger partial charge in [-0.3, -0.25) is 4.79 Å². The number of benzene rings is 1. The Morgan fingerprint density at radius 1 is 1.25 bits per heavy atom. The van der Waals surface area contributed by atoms with Crippen molar-refractivity contribution in [3.8, 4) is 0 Å². The molecule has 0 radical (unpaired) electrons. The third-order valence-corrected chi connectivity index (χ3v) is 2.82. The fraction of sp³-hybridized carbons (Fsp3) is 0.500. The lowest BCUT2D eigenvalue weighted by Gasteiger charge is -2.23. The van der Waals surface area contributed by atoms with Crippen molar-refractivity contribution in [2.75, 3.05) is 6.61 Å². The molecule has 0 saturated carbocycles. The highest BCUT2D eigenvalue weighted by atomic mass is 16.5. The third-order valence-electron chi connectivity index (χ3n) is 2.82. The number of rotatable bonds is 4. The number of hydrogen-bond donors (Lipinski definition) is 0. The molecule has 0 aromatic heterocycles. The van der Waals surface area contributed by atoms with Crippen LogP contribution in [0.4, 0.5) is 0 Å². The Balaban J connectivity index is 3.01. The number of carbonyl (C=O) groups excluding carboxylic acids is 1. The summed E-state index contributed by atoms with van der Waals surface area (Å²) in [6, 6.07) is 5.77. The van der Waals surface area contributed by atoms with Crippen LogP contribution in [0.1, 0.15) is 42.3 Å². The van der Waals surface area contributed by atoms with Crippen molar-refractivity contribution >= 4 is 5.78 Å². The van der Waals surface area contributed by atoms with Gasteiger partial charge in [-0.2, -0.15) is 0 Å². The fourth-order valence-corrected chi connectivity index (χ4v) is 1.66. The summed E-state index contributed by atoms with van der Waals surface area (Å²) >= 11 is 0. The zero-order valence-corrected chi connectivity index (χ0v) is 10.8. The Morgan fingerprint density at radius 3 is 2.38 bits per heavy atom. The van der Waals surface area contributed by atoms with Crippen LogP contribution in [0.15, 0.2) is 18.2 Å². The molecule has 0 aliphatic heterocycles. The van der Waals surface area contributed by atoms with Gasteiger partial charge in [0.2, 0.25) is 0 Å². The van der Waals surface area contributed by atoms with Crippen LogP contribution >= 0.6 is 0 Å². The average Bonchev–Trinajstić information content (AvgIpc) is 2.21. The molecule has 0 fully saturated rings. The lowest BCUT2D eigenvalue weighted by Crippen LogP contribution is -2.35. The zero-order chi connectivity index (χ0) is 12.3. The normalized spacial score (nSPS) is 11.6. The largest absolute Gasteiger partial charge is 0.368 e. The smallest absolute Gasteiger partial charge is 0.194 e. The van der Waals surface area contributed by atoms with Crippen LogP contribution in [-0.4, -0.2) is 18.0 Å². The Morgan fingerprint density at radius 2 is 1.88 bits per heavy atom. The molecule has 0 atom stereocenters. The standard InChI is InChI=1S/C14H20O2/c1-6-16-14(4,5)13(15)12-8-7-10(2)11(3)9-12/h7-9H,6H2,1-5H3.